The normalized spacial score (nSPS) is 12.8. The topological polar surface area (TPSA) is 78.5 Å². The van der Waals surface area contributed by atoms with Crippen LogP contribution in [-0.2, 0) is 0 Å². The molecule has 1 rings (SSSR count). The highest BCUT2D eigenvalue weighted by atomic mass is 16.5. The Morgan fingerprint density at radius 3 is 2.46 bits per heavy atom. The van der Waals surface area contributed by atoms with Gasteiger partial charge >= 0.3 is 0 Å². The van der Waals surface area contributed by atoms with Crippen molar-refractivity contribution in [1.29, 1.82) is 0 Å². The van der Waals surface area contributed by atoms with E-state index in [2.05, 4.69) is 5.48 Å². The summed E-state index contributed by atoms with van der Waals surface area (Å²) in [5.41, 5.74) is 8.80. The van der Waals surface area contributed by atoms with E-state index in [-0.39, 0.29) is 11.8 Å². The molecular weight excluding hydrogens is 168 g/mol. The lowest BCUT2D eigenvalue weighted by Crippen LogP contribution is -2.18. The Labute approximate surface area is 77.0 Å². The predicted octanol–water partition coefficient (Wildman–Crippen LogP) is 0.761. The minimum Gasteiger partial charge on any atom is -0.508 e. The number of hydrogen-bond acceptors (Lipinski definition) is 4. The van der Waals surface area contributed by atoms with E-state index in [4.69, 9.17) is 16.0 Å². The largest absolute Gasteiger partial charge is 0.508 e. The summed E-state index contributed by atoms with van der Waals surface area (Å²) in [6.07, 6.45) is 0.654. The Kier molecular flexibility index (Phi) is 3.70. The van der Waals surface area contributed by atoms with Gasteiger partial charge in [-0.2, -0.15) is 0 Å². The van der Waals surface area contributed by atoms with Crippen molar-refractivity contribution < 1.29 is 10.3 Å². The molecule has 0 aliphatic rings. The first kappa shape index (κ1) is 9.98. The van der Waals surface area contributed by atoms with Crippen molar-refractivity contribution in [3.8, 4) is 5.75 Å². The predicted molar refractivity (Wildman–Crippen MR) is 49.4 cm³/mol. The molecular formula is C9H14N2O2. The Morgan fingerprint density at radius 2 is 1.92 bits per heavy atom. The summed E-state index contributed by atoms with van der Waals surface area (Å²) >= 11 is 0. The number of nitrogens with two attached hydrogens (primary N) is 1. The maximum atomic E-state index is 9.02. The summed E-state index contributed by atoms with van der Waals surface area (Å²) in [6.45, 7) is 0.460. The van der Waals surface area contributed by atoms with Crippen LogP contribution >= 0.6 is 0 Å². The second-order valence-corrected chi connectivity index (χ2v) is 2.89. The highest BCUT2D eigenvalue weighted by Gasteiger charge is 2.04. The molecule has 1 unspecified atom stereocenters. The number of nitrogens with one attached hydrogen (secondary N) is 1. The number of benzene rings is 1. The van der Waals surface area contributed by atoms with Gasteiger partial charge in [0.1, 0.15) is 5.75 Å². The number of phenolic OH excluding ortho intramolecular Hbond substituents is 1. The van der Waals surface area contributed by atoms with Gasteiger partial charge in [0.05, 0.1) is 0 Å². The zero-order valence-corrected chi connectivity index (χ0v) is 7.27. The van der Waals surface area contributed by atoms with Gasteiger partial charge in [-0.05, 0) is 24.1 Å². The standard InChI is InChI=1S/C9H14N2O2/c10-9(5-6-11-13)7-1-3-8(12)4-2-7/h1-4,9,11-13H,5-6,10H2. The molecule has 0 amide bonds. The Hall–Kier alpha value is -1.10. The van der Waals surface area contributed by atoms with Crippen LogP contribution in [0.15, 0.2) is 24.3 Å². The van der Waals surface area contributed by atoms with Gasteiger partial charge in [0, 0.05) is 12.6 Å². The first-order chi connectivity index (χ1) is 6.24. The minimum atomic E-state index is -0.111. The van der Waals surface area contributed by atoms with E-state index in [0.29, 0.717) is 13.0 Å². The van der Waals surface area contributed by atoms with Gasteiger partial charge in [0.25, 0.3) is 0 Å². The molecule has 0 spiro atoms. The molecule has 0 radical (unpaired) electrons. The zero-order valence-electron chi connectivity index (χ0n) is 7.27. The van der Waals surface area contributed by atoms with E-state index in [9.17, 15) is 0 Å². The first-order valence-electron chi connectivity index (χ1n) is 4.15. The number of rotatable bonds is 4. The minimum absolute atomic E-state index is 0.111. The summed E-state index contributed by atoms with van der Waals surface area (Å²) in [5, 5.41) is 17.4. The van der Waals surface area contributed by atoms with Crippen LogP contribution in [0.25, 0.3) is 0 Å². The summed E-state index contributed by atoms with van der Waals surface area (Å²) in [7, 11) is 0. The van der Waals surface area contributed by atoms with Crippen molar-refractivity contribution in [2.75, 3.05) is 6.54 Å². The molecule has 4 nitrogen and oxygen atoms in total. The molecule has 1 aromatic rings. The average molecular weight is 182 g/mol. The molecule has 1 aromatic carbocycles. The van der Waals surface area contributed by atoms with E-state index in [0.717, 1.165) is 5.56 Å². The average Bonchev–Trinajstić information content (AvgIpc) is 2.15. The Balaban J connectivity index is 2.55. The zero-order chi connectivity index (χ0) is 9.68. The van der Waals surface area contributed by atoms with E-state index < -0.39 is 0 Å². The van der Waals surface area contributed by atoms with Crippen molar-refractivity contribution in [3.63, 3.8) is 0 Å². The lowest BCUT2D eigenvalue weighted by Gasteiger charge is -2.10. The van der Waals surface area contributed by atoms with Crippen LogP contribution in [0, 0.1) is 0 Å². The van der Waals surface area contributed by atoms with Crippen LogP contribution in [0.3, 0.4) is 0 Å². The highest BCUT2D eigenvalue weighted by Crippen LogP contribution is 2.16. The highest BCUT2D eigenvalue weighted by molar-refractivity contribution is 5.27. The van der Waals surface area contributed by atoms with E-state index >= 15 is 0 Å². The SMILES string of the molecule is NC(CCNO)c1ccc(O)cc1. The lowest BCUT2D eigenvalue weighted by atomic mass is 10.1. The second kappa shape index (κ2) is 4.81. The van der Waals surface area contributed by atoms with Crippen LogP contribution in [-0.4, -0.2) is 16.9 Å². The van der Waals surface area contributed by atoms with Crippen molar-refractivity contribution in [2.24, 2.45) is 5.73 Å². The molecule has 1 atom stereocenters. The molecule has 0 saturated heterocycles. The van der Waals surface area contributed by atoms with Gasteiger partial charge in [-0.1, -0.05) is 12.1 Å². The molecule has 0 heterocycles. The van der Waals surface area contributed by atoms with E-state index in [1.807, 2.05) is 0 Å². The monoisotopic (exact) mass is 182 g/mol. The maximum absolute atomic E-state index is 9.02. The van der Waals surface area contributed by atoms with Crippen LogP contribution < -0.4 is 11.2 Å². The fraction of sp³-hybridized carbons (Fsp3) is 0.333. The van der Waals surface area contributed by atoms with Crippen molar-refractivity contribution in [2.45, 2.75) is 12.5 Å². The molecule has 0 aliphatic carbocycles. The molecule has 0 fully saturated rings. The van der Waals surface area contributed by atoms with Crippen LogP contribution in [0.1, 0.15) is 18.0 Å². The summed E-state index contributed by atoms with van der Waals surface area (Å²) in [5.74, 6) is 0.233. The van der Waals surface area contributed by atoms with Crippen molar-refractivity contribution >= 4 is 0 Å². The number of hydroxylamine groups is 1. The molecule has 0 aliphatic heterocycles. The number of hydrogen-bond donors (Lipinski definition) is 4. The van der Waals surface area contributed by atoms with Gasteiger partial charge < -0.3 is 16.0 Å². The van der Waals surface area contributed by atoms with Crippen LogP contribution in [0.5, 0.6) is 5.75 Å². The van der Waals surface area contributed by atoms with Gasteiger partial charge in [-0.3, -0.25) is 0 Å². The third kappa shape index (κ3) is 3.02. The third-order valence-corrected chi connectivity index (χ3v) is 1.89. The summed E-state index contributed by atoms with van der Waals surface area (Å²) in [4.78, 5) is 0. The van der Waals surface area contributed by atoms with Crippen LogP contribution in [0.2, 0.25) is 0 Å². The molecule has 0 bridgehead atoms. The lowest BCUT2D eigenvalue weighted by molar-refractivity contribution is 0.163. The molecule has 4 heteroatoms. The molecule has 0 aromatic heterocycles. The fourth-order valence-electron chi connectivity index (χ4n) is 1.11. The van der Waals surface area contributed by atoms with E-state index in [1.54, 1.807) is 24.3 Å². The van der Waals surface area contributed by atoms with Crippen LogP contribution in [0.4, 0.5) is 0 Å². The Bertz CT molecular complexity index is 248. The summed E-state index contributed by atoms with van der Waals surface area (Å²) in [6, 6.07) is 6.64. The van der Waals surface area contributed by atoms with Crippen molar-refractivity contribution in [3.05, 3.63) is 29.8 Å². The molecule has 72 valence electrons. The smallest absolute Gasteiger partial charge is 0.115 e. The number of aromatic hydroxyl groups is 1. The van der Waals surface area contributed by atoms with Gasteiger partial charge in [-0.15, -0.1) is 0 Å². The van der Waals surface area contributed by atoms with E-state index in [1.165, 1.54) is 0 Å². The molecule has 5 N–H and O–H groups in total. The summed E-state index contributed by atoms with van der Waals surface area (Å²) < 4.78 is 0. The van der Waals surface area contributed by atoms with Crippen molar-refractivity contribution in [1.82, 2.24) is 5.48 Å². The molecule has 0 saturated carbocycles. The van der Waals surface area contributed by atoms with Gasteiger partial charge in [0.2, 0.25) is 0 Å². The maximum Gasteiger partial charge on any atom is 0.115 e. The third-order valence-electron chi connectivity index (χ3n) is 1.89. The quantitative estimate of drug-likeness (QED) is 0.518. The first-order valence-corrected chi connectivity index (χ1v) is 4.15. The Morgan fingerprint density at radius 1 is 1.31 bits per heavy atom. The fourth-order valence-corrected chi connectivity index (χ4v) is 1.11. The van der Waals surface area contributed by atoms with Gasteiger partial charge in [-0.25, -0.2) is 5.48 Å². The van der Waals surface area contributed by atoms with Gasteiger partial charge in [0.15, 0.2) is 0 Å². The second-order valence-electron chi connectivity index (χ2n) is 2.89. The number of phenols is 1. The molecule has 13 heavy (non-hydrogen) atoms.